The number of nitrogens with one attached hydrogen (secondary N) is 1. The number of hydrogen-bond donors (Lipinski definition) is 1. The number of nitrogens with zero attached hydrogens (tertiary/aromatic N) is 1. The molecule has 0 spiro atoms. The fourth-order valence-corrected chi connectivity index (χ4v) is 6.48. The fraction of sp³-hybridized carbons (Fsp3) is 0.625. The van der Waals surface area contributed by atoms with Crippen LogP contribution in [0.1, 0.15) is 51.5 Å². The third kappa shape index (κ3) is 4.38. The molecule has 1 aromatic rings. The number of carbonyl (C=O) groups excluding carboxylic acids is 3. The molecule has 7 nitrogen and oxygen atoms in total. The van der Waals surface area contributed by atoms with E-state index in [4.69, 9.17) is 9.47 Å². The van der Waals surface area contributed by atoms with Crippen LogP contribution in [0.4, 0.5) is 4.79 Å². The molecular formula is C24H31BrN2O5. The highest BCUT2D eigenvalue weighted by Gasteiger charge is 2.61. The Labute approximate surface area is 197 Å². The van der Waals surface area contributed by atoms with Gasteiger partial charge in [0, 0.05) is 0 Å². The van der Waals surface area contributed by atoms with Gasteiger partial charge in [-0.15, -0.1) is 0 Å². The lowest BCUT2D eigenvalue weighted by molar-refractivity contribution is -0.181. The SMILES string of the molecule is COC(=O)C12CC3C[C@H](C1)C(N(NC(=O)OCc1ccccc1)C(=O)C(C)(C)Br)[C@@H](C3)C2. The van der Waals surface area contributed by atoms with E-state index in [1.54, 1.807) is 13.8 Å². The molecule has 0 aromatic heterocycles. The van der Waals surface area contributed by atoms with Gasteiger partial charge in [0.25, 0.3) is 5.91 Å². The molecule has 4 bridgehead atoms. The molecule has 4 aliphatic carbocycles. The first-order valence-corrected chi connectivity index (χ1v) is 12.0. The molecule has 0 aliphatic heterocycles. The minimum absolute atomic E-state index is 0.122. The molecule has 5 atom stereocenters. The van der Waals surface area contributed by atoms with Crippen LogP contribution in [0, 0.1) is 23.2 Å². The van der Waals surface area contributed by atoms with E-state index in [1.807, 2.05) is 30.3 Å². The lowest BCUT2D eigenvalue weighted by atomic mass is 9.47. The predicted octanol–water partition coefficient (Wildman–Crippen LogP) is 4.20. The number of benzene rings is 1. The number of ether oxygens (including phenoxy) is 2. The quantitative estimate of drug-likeness (QED) is 0.367. The monoisotopic (exact) mass is 506 g/mol. The predicted molar refractivity (Wildman–Crippen MR) is 121 cm³/mol. The van der Waals surface area contributed by atoms with Gasteiger partial charge >= 0.3 is 12.1 Å². The van der Waals surface area contributed by atoms with Crippen LogP contribution in [0.5, 0.6) is 0 Å². The highest BCUT2D eigenvalue weighted by molar-refractivity contribution is 9.10. The summed E-state index contributed by atoms with van der Waals surface area (Å²) in [5, 5.41) is 1.49. The number of amides is 2. The van der Waals surface area contributed by atoms with Crippen LogP contribution < -0.4 is 5.43 Å². The minimum Gasteiger partial charge on any atom is -0.469 e. The van der Waals surface area contributed by atoms with Crippen LogP contribution in [-0.4, -0.2) is 40.5 Å². The third-order valence-corrected chi connectivity index (χ3v) is 7.63. The zero-order chi connectivity index (χ0) is 23.1. The molecule has 4 fully saturated rings. The van der Waals surface area contributed by atoms with Crippen molar-refractivity contribution >= 4 is 33.9 Å². The highest BCUT2D eigenvalue weighted by Crippen LogP contribution is 2.61. The number of methoxy groups -OCH3 is 1. The van der Waals surface area contributed by atoms with Crippen LogP contribution in [0.15, 0.2) is 30.3 Å². The van der Waals surface area contributed by atoms with Gasteiger partial charge in [0.2, 0.25) is 0 Å². The number of carbonyl (C=O) groups is 3. The molecule has 5 rings (SSSR count). The highest BCUT2D eigenvalue weighted by atomic mass is 79.9. The van der Waals surface area contributed by atoms with E-state index >= 15 is 0 Å². The van der Waals surface area contributed by atoms with E-state index < -0.39 is 15.8 Å². The molecule has 174 valence electrons. The molecule has 1 aromatic carbocycles. The van der Waals surface area contributed by atoms with Crippen LogP contribution >= 0.6 is 15.9 Å². The zero-order valence-corrected chi connectivity index (χ0v) is 20.4. The maximum atomic E-state index is 13.4. The van der Waals surface area contributed by atoms with Gasteiger partial charge in [0.05, 0.1) is 18.6 Å². The zero-order valence-electron chi connectivity index (χ0n) is 18.8. The summed E-state index contributed by atoms with van der Waals surface area (Å²) in [6.45, 7) is 3.66. The molecule has 0 heterocycles. The van der Waals surface area contributed by atoms with Gasteiger partial charge in [-0.2, -0.15) is 0 Å². The largest absolute Gasteiger partial charge is 0.469 e. The maximum absolute atomic E-state index is 13.4. The fourth-order valence-electron chi connectivity index (χ4n) is 6.29. The van der Waals surface area contributed by atoms with Crippen LogP contribution in [0.3, 0.4) is 0 Å². The van der Waals surface area contributed by atoms with E-state index in [0.29, 0.717) is 18.8 Å². The summed E-state index contributed by atoms with van der Waals surface area (Å²) < 4.78 is 9.71. The summed E-state index contributed by atoms with van der Waals surface area (Å²) in [4.78, 5) is 38.7. The van der Waals surface area contributed by atoms with E-state index in [2.05, 4.69) is 21.4 Å². The Morgan fingerprint density at radius 3 is 2.31 bits per heavy atom. The van der Waals surface area contributed by atoms with Gasteiger partial charge in [0.1, 0.15) is 10.9 Å². The molecule has 4 saturated carbocycles. The maximum Gasteiger partial charge on any atom is 0.426 e. The number of alkyl halides is 1. The smallest absolute Gasteiger partial charge is 0.426 e. The Bertz CT molecular complexity index is 868. The van der Waals surface area contributed by atoms with Gasteiger partial charge in [-0.25, -0.2) is 15.2 Å². The standard InChI is InChI=1S/C24H31BrN2O5/c1-23(2,25)20(28)27(26-22(30)32-14-15-7-5-4-6-8-15)19-17-9-16-10-18(19)13-24(11-16,12-17)21(29)31-3/h4-8,16-19H,9-14H2,1-3H3,(H,26,30)/t16?,17-,18+,19?,24?. The van der Waals surface area contributed by atoms with Crippen LogP contribution in [-0.2, 0) is 25.7 Å². The second kappa shape index (κ2) is 8.69. The van der Waals surface area contributed by atoms with Gasteiger partial charge in [0.15, 0.2) is 0 Å². The number of rotatable bonds is 5. The van der Waals surface area contributed by atoms with Crippen molar-refractivity contribution < 1.29 is 23.9 Å². The average Bonchev–Trinajstić information content (AvgIpc) is 2.75. The Morgan fingerprint density at radius 2 is 1.75 bits per heavy atom. The van der Waals surface area contributed by atoms with E-state index in [0.717, 1.165) is 24.8 Å². The molecule has 32 heavy (non-hydrogen) atoms. The summed E-state index contributed by atoms with van der Waals surface area (Å²) in [5.41, 5.74) is 3.17. The number of halogens is 1. The molecule has 0 saturated heterocycles. The first-order chi connectivity index (χ1) is 15.1. The molecule has 2 amide bonds. The van der Waals surface area contributed by atoms with E-state index in [1.165, 1.54) is 12.1 Å². The van der Waals surface area contributed by atoms with Gasteiger partial charge in [-0.1, -0.05) is 46.3 Å². The Balaban J connectivity index is 1.53. The van der Waals surface area contributed by atoms with Crippen molar-refractivity contribution in [2.75, 3.05) is 7.11 Å². The second-order valence-electron chi connectivity index (χ2n) is 10.1. The molecule has 8 heteroatoms. The minimum atomic E-state index is -0.853. The Kier molecular flexibility index (Phi) is 6.27. The van der Waals surface area contributed by atoms with Crippen LogP contribution in [0.2, 0.25) is 0 Å². The normalized spacial score (nSPS) is 30.5. The second-order valence-corrected chi connectivity index (χ2v) is 12.0. The Hall–Kier alpha value is -2.09. The van der Waals surface area contributed by atoms with E-state index in [9.17, 15) is 14.4 Å². The Morgan fingerprint density at radius 1 is 1.12 bits per heavy atom. The van der Waals surface area contributed by atoms with Gasteiger partial charge < -0.3 is 9.47 Å². The van der Waals surface area contributed by atoms with Crippen molar-refractivity contribution in [3.8, 4) is 0 Å². The van der Waals surface area contributed by atoms with Crippen molar-refractivity contribution in [2.45, 2.75) is 62.9 Å². The first kappa shape index (κ1) is 23.1. The van der Waals surface area contributed by atoms with Crippen molar-refractivity contribution in [2.24, 2.45) is 23.2 Å². The molecule has 3 unspecified atom stereocenters. The number of hydrazine groups is 1. The summed E-state index contributed by atoms with van der Waals surface area (Å²) in [7, 11) is 1.45. The molecule has 1 N–H and O–H groups in total. The summed E-state index contributed by atoms with van der Waals surface area (Å²) in [6, 6.07) is 9.24. The molecule has 0 radical (unpaired) electrons. The van der Waals surface area contributed by atoms with Gasteiger partial charge in [-0.05, 0) is 69.3 Å². The first-order valence-electron chi connectivity index (χ1n) is 11.2. The summed E-state index contributed by atoms with van der Waals surface area (Å²) in [5.74, 6) is 0.368. The lowest BCUT2D eigenvalue weighted by Gasteiger charge is -2.60. The van der Waals surface area contributed by atoms with Crippen molar-refractivity contribution in [1.29, 1.82) is 0 Å². The third-order valence-electron chi connectivity index (χ3n) is 7.29. The summed E-state index contributed by atoms with van der Waals surface area (Å²) >= 11 is 3.46. The molecular weight excluding hydrogens is 476 g/mol. The van der Waals surface area contributed by atoms with E-state index in [-0.39, 0.29) is 36.4 Å². The molecule has 4 aliphatic rings. The van der Waals surface area contributed by atoms with Gasteiger partial charge in [-0.3, -0.25) is 9.59 Å². The van der Waals surface area contributed by atoms with Crippen molar-refractivity contribution in [3.63, 3.8) is 0 Å². The summed E-state index contributed by atoms with van der Waals surface area (Å²) in [6.07, 6.45) is 3.48. The van der Waals surface area contributed by atoms with Crippen LogP contribution in [0.25, 0.3) is 0 Å². The lowest BCUT2D eigenvalue weighted by Crippen LogP contribution is -2.67. The topological polar surface area (TPSA) is 84.9 Å². The van der Waals surface area contributed by atoms with Crippen molar-refractivity contribution in [1.82, 2.24) is 10.4 Å². The number of esters is 1. The average molecular weight is 507 g/mol. The number of hydrogen-bond acceptors (Lipinski definition) is 5. The van der Waals surface area contributed by atoms with Crippen molar-refractivity contribution in [3.05, 3.63) is 35.9 Å².